The Morgan fingerprint density at radius 3 is 2.33 bits per heavy atom. The predicted molar refractivity (Wildman–Crippen MR) is 108 cm³/mol. The smallest absolute Gasteiger partial charge is 0.158 e. The van der Waals surface area contributed by atoms with Gasteiger partial charge in [0.15, 0.2) is 6.17 Å². The van der Waals surface area contributed by atoms with Gasteiger partial charge in [-0.2, -0.15) is 0 Å². The Bertz CT molecular complexity index is 859. The SMILES string of the molecule is CC(C)(F)C(F)c1cccc(C2(NCC(O)C(N)Cc3cc(F)cc(F)c3)CC2)c1. The molecule has 0 radical (unpaired) electrons. The maximum Gasteiger partial charge on any atom is 0.158 e. The van der Waals surface area contributed by atoms with Crippen molar-refractivity contribution in [2.45, 2.75) is 62.6 Å². The van der Waals surface area contributed by atoms with E-state index in [-0.39, 0.29) is 18.5 Å². The van der Waals surface area contributed by atoms with E-state index >= 15 is 0 Å². The molecule has 30 heavy (non-hydrogen) atoms. The third-order valence-corrected chi connectivity index (χ3v) is 5.62. The van der Waals surface area contributed by atoms with Crippen LogP contribution in [0.15, 0.2) is 42.5 Å². The van der Waals surface area contributed by atoms with E-state index < -0.39 is 41.2 Å². The summed E-state index contributed by atoms with van der Waals surface area (Å²) in [6, 6.07) is 9.22. The van der Waals surface area contributed by atoms with Crippen molar-refractivity contribution in [3.8, 4) is 0 Å². The number of nitrogens with two attached hydrogens (primary N) is 1. The van der Waals surface area contributed by atoms with E-state index in [9.17, 15) is 22.7 Å². The van der Waals surface area contributed by atoms with Crippen LogP contribution in [-0.2, 0) is 12.0 Å². The number of alkyl halides is 2. The van der Waals surface area contributed by atoms with Crippen LogP contribution in [0, 0.1) is 11.6 Å². The Kier molecular flexibility index (Phi) is 6.55. The van der Waals surface area contributed by atoms with Crippen LogP contribution in [0.5, 0.6) is 0 Å². The molecule has 0 aliphatic heterocycles. The van der Waals surface area contributed by atoms with Crippen LogP contribution in [0.4, 0.5) is 17.6 Å². The van der Waals surface area contributed by atoms with E-state index in [1.807, 2.05) is 6.07 Å². The van der Waals surface area contributed by atoms with Gasteiger partial charge in [0.25, 0.3) is 0 Å². The molecule has 0 saturated heterocycles. The molecule has 2 aromatic carbocycles. The Morgan fingerprint density at radius 1 is 1.13 bits per heavy atom. The highest BCUT2D eigenvalue weighted by molar-refractivity contribution is 5.35. The van der Waals surface area contributed by atoms with Crippen LogP contribution >= 0.6 is 0 Å². The summed E-state index contributed by atoms with van der Waals surface area (Å²) in [6.45, 7) is 2.58. The highest BCUT2D eigenvalue weighted by atomic mass is 19.2. The predicted octanol–water partition coefficient (Wildman–Crippen LogP) is 4.23. The average molecular weight is 424 g/mol. The molecule has 3 rings (SSSR count). The number of aliphatic hydroxyl groups is 1. The second-order valence-electron chi connectivity index (χ2n) is 8.73. The lowest BCUT2D eigenvalue weighted by molar-refractivity contribution is 0.0851. The molecule has 0 bridgehead atoms. The van der Waals surface area contributed by atoms with Gasteiger partial charge in [-0.1, -0.05) is 24.3 Å². The third-order valence-electron chi connectivity index (χ3n) is 5.62. The number of aliphatic hydroxyl groups excluding tert-OH is 1. The lowest BCUT2D eigenvalue weighted by atomic mass is 9.93. The summed E-state index contributed by atoms with van der Waals surface area (Å²) >= 11 is 0. The fraction of sp³-hybridized carbons (Fsp3) is 0.478. The van der Waals surface area contributed by atoms with Crippen molar-refractivity contribution >= 4 is 0 Å². The number of hydrogen-bond donors (Lipinski definition) is 3. The van der Waals surface area contributed by atoms with Gasteiger partial charge in [-0.05, 0) is 61.9 Å². The Balaban J connectivity index is 1.62. The van der Waals surface area contributed by atoms with E-state index in [1.165, 1.54) is 26.0 Å². The van der Waals surface area contributed by atoms with Crippen LogP contribution in [0.25, 0.3) is 0 Å². The van der Waals surface area contributed by atoms with Crippen molar-refractivity contribution in [3.63, 3.8) is 0 Å². The highest BCUT2D eigenvalue weighted by Crippen LogP contribution is 2.46. The van der Waals surface area contributed by atoms with Gasteiger partial charge < -0.3 is 16.2 Å². The largest absolute Gasteiger partial charge is 0.390 e. The molecule has 164 valence electrons. The van der Waals surface area contributed by atoms with Gasteiger partial charge in [-0.3, -0.25) is 0 Å². The minimum Gasteiger partial charge on any atom is -0.390 e. The molecular weight excluding hydrogens is 396 g/mol. The topological polar surface area (TPSA) is 58.3 Å². The zero-order chi connectivity index (χ0) is 22.1. The second-order valence-corrected chi connectivity index (χ2v) is 8.73. The van der Waals surface area contributed by atoms with Gasteiger partial charge in [-0.15, -0.1) is 0 Å². The van der Waals surface area contributed by atoms with Crippen LogP contribution < -0.4 is 11.1 Å². The molecular formula is C23H28F4N2O. The first-order chi connectivity index (χ1) is 14.0. The number of halogens is 4. The van der Waals surface area contributed by atoms with Crippen molar-refractivity contribution in [2.75, 3.05) is 6.54 Å². The summed E-state index contributed by atoms with van der Waals surface area (Å²) in [5.41, 5.74) is 5.11. The number of hydrogen-bond acceptors (Lipinski definition) is 3. The Labute approximate surface area is 174 Å². The Hall–Kier alpha value is -1.96. The van der Waals surface area contributed by atoms with Crippen LogP contribution in [0.2, 0.25) is 0 Å². The van der Waals surface area contributed by atoms with Crippen LogP contribution in [-0.4, -0.2) is 29.5 Å². The summed E-state index contributed by atoms with van der Waals surface area (Å²) in [7, 11) is 0. The lowest BCUT2D eigenvalue weighted by Crippen LogP contribution is -2.45. The van der Waals surface area contributed by atoms with Crippen molar-refractivity contribution in [1.82, 2.24) is 5.32 Å². The van der Waals surface area contributed by atoms with Crippen molar-refractivity contribution in [3.05, 3.63) is 70.8 Å². The quantitative estimate of drug-likeness (QED) is 0.528. The fourth-order valence-corrected chi connectivity index (χ4v) is 3.67. The molecule has 1 aliphatic carbocycles. The molecule has 3 atom stereocenters. The van der Waals surface area contributed by atoms with E-state index in [0.29, 0.717) is 5.56 Å². The maximum atomic E-state index is 14.4. The molecule has 3 unspecified atom stereocenters. The minimum absolute atomic E-state index is 0.120. The standard InChI is InChI=1S/C23H28F4N2O/c1-22(2,27)21(26)15-4-3-5-16(11-15)23(6-7-23)29-13-20(30)19(28)10-14-8-17(24)12-18(25)9-14/h3-5,8-9,11-12,19-21,29-30H,6-7,10,13,28H2,1-2H3. The molecule has 0 aromatic heterocycles. The third kappa shape index (κ3) is 5.39. The first-order valence-corrected chi connectivity index (χ1v) is 10.1. The molecule has 0 amide bonds. The van der Waals surface area contributed by atoms with Gasteiger partial charge in [-0.25, -0.2) is 17.6 Å². The number of benzene rings is 2. The van der Waals surface area contributed by atoms with Gasteiger partial charge in [0.2, 0.25) is 0 Å². The summed E-state index contributed by atoms with van der Waals surface area (Å²) in [5.74, 6) is -1.38. The van der Waals surface area contributed by atoms with Gasteiger partial charge in [0, 0.05) is 24.2 Å². The van der Waals surface area contributed by atoms with Gasteiger partial charge >= 0.3 is 0 Å². The maximum absolute atomic E-state index is 14.4. The lowest BCUT2D eigenvalue weighted by Gasteiger charge is -2.25. The summed E-state index contributed by atoms with van der Waals surface area (Å²) in [4.78, 5) is 0. The van der Waals surface area contributed by atoms with Gasteiger partial charge in [0.05, 0.1) is 6.10 Å². The molecule has 1 aliphatic rings. The molecule has 0 heterocycles. The minimum atomic E-state index is -1.98. The molecule has 1 saturated carbocycles. The van der Waals surface area contributed by atoms with Crippen molar-refractivity contribution in [1.29, 1.82) is 0 Å². The molecule has 7 heteroatoms. The first kappa shape index (κ1) is 22.7. The molecule has 4 N–H and O–H groups in total. The van der Waals surface area contributed by atoms with Crippen molar-refractivity contribution < 1.29 is 22.7 Å². The highest BCUT2D eigenvalue weighted by Gasteiger charge is 2.45. The second kappa shape index (κ2) is 8.65. The van der Waals surface area contributed by atoms with E-state index in [4.69, 9.17) is 5.73 Å². The van der Waals surface area contributed by atoms with E-state index in [1.54, 1.807) is 18.2 Å². The van der Waals surface area contributed by atoms with Crippen LogP contribution in [0.3, 0.4) is 0 Å². The first-order valence-electron chi connectivity index (χ1n) is 10.1. The van der Waals surface area contributed by atoms with E-state index in [2.05, 4.69) is 5.32 Å². The number of nitrogens with one attached hydrogen (secondary N) is 1. The monoisotopic (exact) mass is 424 g/mol. The fourth-order valence-electron chi connectivity index (χ4n) is 3.67. The molecule has 2 aromatic rings. The number of rotatable bonds is 9. The average Bonchev–Trinajstić information content (AvgIpc) is 3.45. The summed E-state index contributed by atoms with van der Waals surface area (Å²) < 4.78 is 55.1. The van der Waals surface area contributed by atoms with Crippen molar-refractivity contribution in [2.24, 2.45) is 5.73 Å². The zero-order valence-electron chi connectivity index (χ0n) is 17.1. The Morgan fingerprint density at radius 2 is 1.77 bits per heavy atom. The normalized spacial score (nSPS) is 18.7. The van der Waals surface area contributed by atoms with Gasteiger partial charge in [0.1, 0.15) is 17.3 Å². The molecule has 1 fully saturated rings. The molecule has 3 nitrogen and oxygen atoms in total. The molecule has 0 spiro atoms. The van der Waals surface area contributed by atoms with E-state index in [0.717, 1.165) is 24.5 Å². The van der Waals surface area contributed by atoms with Crippen LogP contribution in [0.1, 0.15) is 49.6 Å². The zero-order valence-corrected chi connectivity index (χ0v) is 17.1. The summed E-state index contributed by atoms with van der Waals surface area (Å²) in [5, 5.41) is 13.7. The summed E-state index contributed by atoms with van der Waals surface area (Å²) in [6.07, 6.45) is -0.975.